The van der Waals surface area contributed by atoms with E-state index < -0.39 is 6.03 Å². The van der Waals surface area contributed by atoms with Gasteiger partial charge in [0, 0.05) is 25.4 Å². The fourth-order valence-electron chi connectivity index (χ4n) is 2.51. The predicted molar refractivity (Wildman–Crippen MR) is 73.8 cm³/mol. The quantitative estimate of drug-likeness (QED) is 0.840. The van der Waals surface area contributed by atoms with Gasteiger partial charge in [-0.25, -0.2) is 4.79 Å². The van der Waals surface area contributed by atoms with E-state index in [-0.39, 0.29) is 12.3 Å². The average molecular weight is 271 g/mol. The maximum atomic E-state index is 11.9. The molecule has 6 nitrogen and oxygen atoms in total. The molecule has 2 aromatic rings. The lowest BCUT2D eigenvalue weighted by atomic mass is 10.1. The molecule has 2 heterocycles. The van der Waals surface area contributed by atoms with Crippen LogP contribution in [0.25, 0.3) is 10.9 Å². The van der Waals surface area contributed by atoms with Gasteiger partial charge < -0.3 is 4.57 Å². The van der Waals surface area contributed by atoms with Crippen molar-refractivity contribution in [3.8, 4) is 0 Å². The summed E-state index contributed by atoms with van der Waals surface area (Å²) < 4.78 is 1.78. The number of imide groups is 1. The number of carbonyl (C=O) groups excluding carboxylic acids is 3. The van der Waals surface area contributed by atoms with Crippen molar-refractivity contribution in [2.45, 2.75) is 6.42 Å². The van der Waals surface area contributed by atoms with Crippen molar-refractivity contribution in [3.05, 3.63) is 30.0 Å². The molecule has 1 aromatic heterocycles. The number of urea groups is 1. The summed E-state index contributed by atoms with van der Waals surface area (Å²) in [6, 6.07) is 6.85. The molecule has 1 saturated heterocycles. The summed E-state index contributed by atoms with van der Waals surface area (Å²) in [5.74, 6) is -0.264. The first-order chi connectivity index (χ1) is 9.61. The lowest BCUT2D eigenvalue weighted by Crippen LogP contribution is -2.49. The number of nitrogens with one attached hydrogen (secondary N) is 1. The summed E-state index contributed by atoms with van der Waals surface area (Å²) in [5, 5.41) is 3.12. The summed E-state index contributed by atoms with van der Waals surface area (Å²) in [6.45, 7) is 0.342. The van der Waals surface area contributed by atoms with E-state index in [0.717, 1.165) is 17.2 Å². The molecule has 102 valence electrons. The van der Waals surface area contributed by atoms with Crippen LogP contribution in [-0.2, 0) is 11.8 Å². The monoisotopic (exact) mass is 271 g/mol. The molecule has 0 bridgehead atoms. The highest BCUT2D eigenvalue weighted by molar-refractivity contribution is 6.10. The topological polar surface area (TPSA) is 71.4 Å². The van der Waals surface area contributed by atoms with E-state index in [2.05, 4.69) is 5.32 Å². The molecule has 3 rings (SSSR count). The number of aromatic nitrogens is 1. The molecule has 20 heavy (non-hydrogen) atoms. The van der Waals surface area contributed by atoms with Crippen molar-refractivity contribution in [2.75, 3.05) is 11.4 Å². The summed E-state index contributed by atoms with van der Waals surface area (Å²) in [5.41, 5.74) is 2.12. The van der Waals surface area contributed by atoms with E-state index >= 15 is 0 Å². The van der Waals surface area contributed by atoms with Gasteiger partial charge in [-0.05, 0) is 18.2 Å². The third kappa shape index (κ3) is 1.77. The van der Waals surface area contributed by atoms with Crippen molar-refractivity contribution < 1.29 is 14.4 Å². The number of anilines is 1. The van der Waals surface area contributed by atoms with E-state index in [1.807, 2.05) is 18.2 Å². The third-order valence-electron chi connectivity index (χ3n) is 3.57. The SMILES string of the molecule is Cn1c(C=O)cc2c(N3CCC(=O)NC3=O)cccc21. The van der Waals surface area contributed by atoms with Crippen LogP contribution in [0.3, 0.4) is 0 Å². The second-order valence-corrected chi connectivity index (χ2v) is 4.71. The second kappa shape index (κ2) is 4.48. The Morgan fingerprint density at radius 2 is 2.10 bits per heavy atom. The molecule has 1 N–H and O–H groups in total. The van der Waals surface area contributed by atoms with E-state index in [1.54, 1.807) is 17.7 Å². The fourth-order valence-corrected chi connectivity index (χ4v) is 2.51. The summed E-state index contributed by atoms with van der Waals surface area (Å²) in [4.78, 5) is 35.7. The van der Waals surface area contributed by atoms with Crippen LogP contribution in [0.4, 0.5) is 10.5 Å². The van der Waals surface area contributed by atoms with Gasteiger partial charge >= 0.3 is 6.03 Å². The number of hydrogen-bond acceptors (Lipinski definition) is 3. The predicted octanol–water partition coefficient (Wildman–Crippen LogP) is 1.44. The highest BCUT2D eigenvalue weighted by Gasteiger charge is 2.26. The zero-order valence-corrected chi connectivity index (χ0v) is 10.9. The molecule has 1 aliphatic rings. The minimum atomic E-state index is -0.426. The van der Waals surface area contributed by atoms with Gasteiger partial charge in [0.2, 0.25) is 5.91 Å². The normalized spacial score (nSPS) is 15.6. The Kier molecular flexibility index (Phi) is 2.78. The number of benzene rings is 1. The molecule has 3 amide bonds. The van der Waals surface area contributed by atoms with Crippen LogP contribution in [0.2, 0.25) is 0 Å². The zero-order valence-electron chi connectivity index (χ0n) is 10.9. The van der Waals surface area contributed by atoms with Crippen LogP contribution in [0, 0.1) is 0 Å². The van der Waals surface area contributed by atoms with Gasteiger partial charge in [-0.1, -0.05) is 6.07 Å². The third-order valence-corrected chi connectivity index (χ3v) is 3.57. The molecule has 0 saturated carbocycles. The first-order valence-corrected chi connectivity index (χ1v) is 6.27. The van der Waals surface area contributed by atoms with Gasteiger partial charge in [-0.2, -0.15) is 0 Å². The van der Waals surface area contributed by atoms with Crippen LogP contribution >= 0.6 is 0 Å². The number of nitrogens with zero attached hydrogens (tertiary/aromatic N) is 2. The van der Waals surface area contributed by atoms with Crippen molar-refractivity contribution in [2.24, 2.45) is 7.05 Å². The Labute approximate surface area is 115 Å². The minimum absolute atomic E-state index is 0.264. The number of rotatable bonds is 2. The number of aryl methyl sites for hydroxylation is 1. The fraction of sp³-hybridized carbons (Fsp3) is 0.214. The molecule has 1 fully saturated rings. The molecule has 0 atom stereocenters. The molecular formula is C14H13N3O3. The maximum absolute atomic E-state index is 11.9. The minimum Gasteiger partial charge on any atom is -0.341 e. The van der Waals surface area contributed by atoms with Crippen LogP contribution in [0.1, 0.15) is 16.9 Å². The molecule has 0 aliphatic carbocycles. The van der Waals surface area contributed by atoms with Crippen LogP contribution < -0.4 is 10.2 Å². The van der Waals surface area contributed by atoms with Crippen LogP contribution in [-0.4, -0.2) is 29.3 Å². The Balaban J connectivity index is 2.14. The molecule has 1 aliphatic heterocycles. The summed E-state index contributed by atoms with van der Waals surface area (Å²) in [7, 11) is 1.80. The number of carbonyl (C=O) groups is 3. The van der Waals surface area contributed by atoms with E-state index in [1.165, 1.54) is 4.90 Å². The highest BCUT2D eigenvalue weighted by atomic mass is 16.2. The van der Waals surface area contributed by atoms with Gasteiger partial charge in [0.1, 0.15) is 0 Å². The lowest BCUT2D eigenvalue weighted by molar-refractivity contribution is -0.120. The molecule has 0 spiro atoms. The summed E-state index contributed by atoms with van der Waals surface area (Å²) in [6.07, 6.45) is 1.05. The van der Waals surface area contributed by atoms with Crippen molar-refractivity contribution in [1.29, 1.82) is 0 Å². The summed E-state index contributed by atoms with van der Waals surface area (Å²) >= 11 is 0. The Morgan fingerprint density at radius 1 is 1.30 bits per heavy atom. The molecule has 1 aromatic carbocycles. The van der Waals surface area contributed by atoms with Gasteiger partial charge in [0.15, 0.2) is 6.29 Å². The van der Waals surface area contributed by atoms with Crippen LogP contribution in [0.5, 0.6) is 0 Å². The molecule has 0 radical (unpaired) electrons. The van der Waals surface area contributed by atoms with Crippen molar-refractivity contribution in [1.82, 2.24) is 9.88 Å². The lowest BCUT2D eigenvalue weighted by Gasteiger charge is -2.27. The second-order valence-electron chi connectivity index (χ2n) is 4.71. The van der Waals surface area contributed by atoms with Gasteiger partial charge in [-0.15, -0.1) is 0 Å². The van der Waals surface area contributed by atoms with E-state index in [9.17, 15) is 14.4 Å². The first-order valence-electron chi connectivity index (χ1n) is 6.27. The Bertz CT molecular complexity index is 733. The van der Waals surface area contributed by atoms with E-state index in [4.69, 9.17) is 0 Å². The average Bonchev–Trinajstić information content (AvgIpc) is 2.76. The number of fused-ring (bicyclic) bond motifs is 1. The van der Waals surface area contributed by atoms with Gasteiger partial charge in [-0.3, -0.25) is 19.8 Å². The van der Waals surface area contributed by atoms with Gasteiger partial charge in [0.25, 0.3) is 0 Å². The Morgan fingerprint density at radius 3 is 2.80 bits per heavy atom. The first kappa shape index (κ1) is 12.4. The number of amides is 3. The Hall–Kier alpha value is -2.63. The van der Waals surface area contributed by atoms with Crippen molar-refractivity contribution in [3.63, 3.8) is 0 Å². The number of aldehydes is 1. The number of hydrogen-bond donors (Lipinski definition) is 1. The highest BCUT2D eigenvalue weighted by Crippen LogP contribution is 2.29. The molecular weight excluding hydrogens is 258 g/mol. The van der Waals surface area contributed by atoms with Crippen molar-refractivity contribution >= 4 is 34.8 Å². The van der Waals surface area contributed by atoms with Crippen LogP contribution in [0.15, 0.2) is 24.3 Å². The largest absolute Gasteiger partial charge is 0.341 e. The van der Waals surface area contributed by atoms with E-state index in [0.29, 0.717) is 17.9 Å². The zero-order chi connectivity index (χ0) is 14.3. The molecule has 0 unspecified atom stereocenters. The smallest absolute Gasteiger partial charge is 0.328 e. The van der Waals surface area contributed by atoms with Gasteiger partial charge in [0.05, 0.1) is 16.9 Å². The standard InChI is InChI=1S/C14H13N3O3/c1-16-9(8-18)7-10-11(16)3-2-4-12(10)17-6-5-13(19)15-14(17)20/h2-4,7-8H,5-6H2,1H3,(H,15,19,20). The maximum Gasteiger partial charge on any atom is 0.328 e. The molecule has 6 heteroatoms.